The third kappa shape index (κ3) is 2.28. The summed E-state index contributed by atoms with van der Waals surface area (Å²) in [5, 5.41) is 11.7. The maximum absolute atomic E-state index is 3.37. The molecule has 0 unspecified atom stereocenters. The van der Waals surface area contributed by atoms with Gasteiger partial charge in [-0.15, -0.1) is 0 Å². The highest BCUT2D eigenvalue weighted by Crippen LogP contribution is 2.40. The van der Waals surface area contributed by atoms with Crippen LogP contribution in [0.1, 0.15) is 0 Å². The summed E-state index contributed by atoms with van der Waals surface area (Å²) in [5.74, 6) is 0. The van der Waals surface area contributed by atoms with Gasteiger partial charge in [0.1, 0.15) is 0 Å². The molecule has 0 aliphatic carbocycles. The van der Waals surface area contributed by atoms with Crippen LogP contribution in [-0.4, -0.2) is 14.1 Å². The van der Waals surface area contributed by atoms with E-state index in [1.807, 2.05) is 14.1 Å². The molecule has 0 bridgehead atoms. The summed E-state index contributed by atoms with van der Waals surface area (Å²) in [7, 11) is 3.96. The van der Waals surface area contributed by atoms with Crippen molar-refractivity contribution in [3.05, 3.63) is 72.8 Å². The molecule has 4 aromatic carbocycles. The zero-order chi connectivity index (χ0) is 16.5. The SMILES string of the molecule is CNc1cc2ccccc2cc1-c1c(NC)ccc2ccccc12. The van der Waals surface area contributed by atoms with Gasteiger partial charge in [0.15, 0.2) is 0 Å². The molecule has 118 valence electrons. The second kappa shape index (κ2) is 5.89. The number of rotatable bonds is 3. The van der Waals surface area contributed by atoms with Crippen molar-refractivity contribution in [1.29, 1.82) is 0 Å². The van der Waals surface area contributed by atoms with Gasteiger partial charge in [0.05, 0.1) is 0 Å². The van der Waals surface area contributed by atoms with E-state index in [0.717, 1.165) is 11.4 Å². The highest BCUT2D eigenvalue weighted by Gasteiger charge is 2.13. The molecule has 24 heavy (non-hydrogen) atoms. The van der Waals surface area contributed by atoms with Crippen LogP contribution in [0.15, 0.2) is 72.8 Å². The summed E-state index contributed by atoms with van der Waals surface area (Å²) in [6, 6.07) is 25.9. The molecule has 0 fully saturated rings. The quantitative estimate of drug-likeness (QED) is 0.504. The molecule has 2 nitrogen and oxygen atoms in total. The Kier molecular flexibility index (Phi) is 3.58. The van der Waals surface area contributed by atoms with E-state index in [9.17, 15) is 0 Å². The largest absolute Gasteiger partial charge is 0.388 e. The lowest BCUT2D eigenvalue weighted by Gasteiger charge is -2.17. The maximum Gasteiger partial charge on any atom is 0.0424 e. The van der Waals surface area contributed by atoms with E-state index in [2.05, 4.69) is 83.4 Å². The molecular weight excluding hydrogens is 292 g/mol. The van der Waals surface area contributed by atoms with Crippen molar-refractivity contribution in [1.82, 2.24) is 0 Å². The Morgan fingerprint density at radius 1 is 0.583 bits per heavy atom. The third-order valence-electron chi connectivity index (χ3n) is 4.62. The maximum atomic E-state index is 3.37. The van der Waals surface area contributed by atoms with Crippen LogP contribution in [0, 0.1) is 0 Å². The molecule has 0 atom stereocenters. The fourth-order valence-electron chi connectivity index (χ4n) is 3.42. The zero-order valence-electron chi connectivity index (χ0n) is 13.9. The van der Waals surface area contributed by atoms with Gasteiger partial charge >= 0.3 is 0 Å². The fourth-order valence-corrected chi connectivity index (χ4v) is 3.42. The van der Waals surface area contributed by atoms with Gasteiger partial charge in [-0.2, -0.15) is 0 Å². The summed E-state index contributed by atoms with van der Waals surface area (Å²) in [4.78, 5) is 0. The molecule has 2 N–H and O–H groups in total. The second-order valence-corrected chi connectivity index (χ2v) is 5.95. The number of fused-ring (bicyclic) bond motifs is 2. The Morgan fingerprint density at radius 3 is 1.92 bits per heavy atom. The smallest absolute Gasteiger partial charge is 0.0424 e. The van der Waals surface area contributed by atoms with E-state index in [1.165, 1.54) is 32.7 Å². The van der Waals surface area contributed by atoms with Crippen molar-refractivity contribution in [2.75, 3.05) is 24.7 Å². The van der Waals surface area contributed by atoms with Gasteiger partial charge < -0.3 is 10.6 Å². The monoisotopic (exact) mass is 312 g/mol. The van der Waals surface area contributed by atoms with Crippen LogP contribution in [0.3, 0.4) is 0 Å². The lowest BCUT2D eigenvalue weighted by Crippen LogP contribution is -1.97. The first-order chi connectivity index (χ1) is 11.8. The summed E-state index contributed by atoms with van der Waals surface area (Å²) < 4.78 is 0. The Balaban J connectivity index is 2.12. The number of anilines is 2. The Morgan fingerprint density at radius 2 is 1.21 bits per heavy atom. The summed E-state index contributed by atoms with van der Waals surface area (Å²) >= 11 is 0. The van der Waals surface area contributed by atoms with Gasteiger partial charge in [-0.05, 0) is 39.7 Å². The first kappa shape index (κ1) is 14.6. The molecule has 0 radical (unpaired) electrons. The van der Waals surface area contributed by atoms with Crippen molar-refractivity contribution < 1.29 is 0 Å². The second-order valence-electron chi connectivity index (χ2n) is 5.95. The first-order valence-electron chi connectivity index (χ1n) is 8.22. The van der Waals surface area contributed by atoms with E-state index in [4.69, 9.17) is 0 Å². The Hall–Kier alpha value is -3.00. The van der Waals surface area contributed by atoms with Crippen molar-refractivity contribution in [2.24, 2.45) is 0 Å². The van der Waals surface area contributed by atoms with Crippen molar-refractivity contribution in [2.45, 2.75) is 0 Å². The normalized spacial score (nSPS) is 10.9. The highest BCUT2D eigenvalue weighted by atomic mass is 14.8. The fraction of sp³-hybridized carbons (Fsp3) is 0.0909. The summed E-state index contributed by atoms with van der Waals surface area (Å²) in [6.07, 6.45) is 0. The molecule has 0 saturated carbocycles. The minimum Gasteiger partial charge on any atom is -0.388 e. The van der Waals surface area contributed by atoms with Crippen LogP contribution in [0.2, 0.25) is 0 Å². The van der Waals surface area contributed by atoms with Crippen LogP contribution < -0.4 is 10.6 Å². The lowest BCUT2D eigenvalue weighted by atomic mass is 9.93. The molecule has 2 heteroatoms. The molecule has 0 spiro atoms. The van der Waals surface area contributed by atoms with E-state index in [0.29, 0.717) is 0 Å². The van der Waals surface area contributed by atoms with E-state index in [1.54, 1.807) is 0 Å². The molecule has 0 heterocycles. The molecule has 4 rings (SSSR count). The minimum absolute atomic E-state index is 1.14. The van der Waals surface area contributed by atoms with Gasteiger partial charge in [-0.25, -0.2) is 0 Å². The predicted octanol–water partition coefficient (Wildman–Crippen LogP) is 5.74. The average Bonchev–Trinajstić information content (AvgIpc) is 2.66. The van der Waals surface area contributed by atoms with Crippen LogP contribution in [0.4, 0.5) is 11.4 Å². The van der Waals surface area contributed by atoms with Gasteiger partial charge in [0.2, 0.25) is 0 Å². The van der Waals surface area contributed by atoms with Gasteiger partial charge in [0, 0.05) is 36.6 Å². The number of benzene rings is 4. The predicted molar refractivity (Wildman–Crippen MR) is 106 cm³/mol. The number of hydrogen-bond acceptors (Lipinski definition) is 2. The van der Waals surface area contributed by atoms with Crippen molar-refractivity contribution in [3.8, 4) is 11.1 Å². The van der Waals surface area contributed by atoms with Gasteiger partial charge in [-0.3, -0.25) is 0 Å². The zero-order valence-corrected chi connectivity index (χ0v) is 13.9. The standard InChI is InChI=1S/C22H20N2/c1-23-20-12-11-15-7-5-6-10-18(15)22(20)19-13-16-8-3-4-9-17(16)14-21(19)24-2/h3-14,23-24H,1-2H3. The summed E-state index contributed by atoms with van der Waals surface area (Å²) in [6.45, 7) is 0. The number of nitrogens with one attached hydrogen (secondary N) is 2. The Labute approximate surface area is 142 Å². The molecule has 4 aromatic rings. The molecule has 0 aliphatic heterocycles. The van der Waals surface area contributed by atoms with Gasteiger partial charge in [-0.1, -0.05) is 54.6 Å². The Bertz CT molecular complexity index is 1030. The molecule has 0 amide bonds. The lowest BCUT2D eigenvalue weighted by molar-refractivity contribution is 1.50. The molecule has 0 aliphatic rings. The molecule has 0 saturated heterocycles. The summed E-state index contributed by atoms with van der Waals surface area (Å²) in [5.41, 5.74) is 4.74. The third-order valence-corrected chi connectivity index (χ3v) is 4.62. The molecular formula is C22H20N2. The topological polar surface area (TPSA) is 24.1 Å². The van der Waals surface area contributed by atoms with Crippen LogP contribution in [-0.2, 0) is 0 Å². The van der Waals surface area contributed by atoms with E-state index >= 15 is 0 Å². The minimum atomic E-state index is 1.14. The van der Waals surface area contributed by atoms with Crippen LogP contribution >= 0.6 is 0 Å². The average molecular weight is 312 g/mol. The van der Waals surface area contributed by atoms with Gasteiger partial charge in [0.25, 0.3) is 0 Å². The van der Waals surface area contributed by atoms with Crippen LogP contribution in [0.5, 0.6) is 0 Å². The van der Waals surface area contributed by atoms with E-state index in [-0.39, 0.29) is 0 Å². The van der Waals surface area contributed by atoms with E-state index < -0.39 is 0 Å². The number of hydrogen-bond donors (Lipinski definition) is 2. The first-order valence-corrected chi connectivity index (χ1v) is 8.22. The van der Waals surface area contributed by atoms with Crippen molar-refractivity contribution in [3.63, 3.8) is 0 Å². The van der Waals surface area contributed by atoms with Crippen LogP contribution in [0.25, 0.3) is 32.7 Å². The van der Waals surface area contributed by atoms with Crippen molar-refractivity contribution >= 4 is 32.9 Å². The highest BCUT2D eigenvalue weighted by molar-refractivity contribution is 6.07. The molecule has 0 aromatic heterocycles.